The number of ether oxygens (including phenoxy) is 1. The van der Waals surface area contributed by atoms with Crippen molar-refractivity contribution in [3.8, 4) is 5.75 Å². The molecule has 7 nitrogen and oxygen atoms in total. The third-order valence-electron chi connectivity index (χ3n) is 2.90. The van der Waals surface area contributed by atoms with Gasteiger partial charge in [0.25, 0.3) is 11.6 Å². The number of benzene rings is 1. The first-order valence-electron chi connectivity index (χ1n) is 6.83. The summed E-state index contributed by atoms with van der Waals surface area (Å²) >= 11 is 0. The van der Waals surface area contributed by atoms with Gasteiger partial charge in [-0.3, -0.25) is 14.9 Å². The summed E-state index contributed by atoms with van der Waals surface area (Å²) in [5.41, 5.74) is -0.354. The molecule has 1 rings (SSSR count). The van der Waals surface area contributed by atoms with E-state index >= 15 is 0 Å². The van der Waals surface area contributed by atoms with E-state index in [0.717, 1.165) is 0 Å². The average molecular weight is 296 g/mol. The molecule has 0 radical (unpaired) electrons. The number of nitro groups is 1. The van der Waals surface area contributed by atoms with Crippen molar-refractivity contribution in [2.75, 3.05) is 13.2 Å². The molecule has 0 aliphatic rings. The first-order chi connectivity index (χ1) is 10.0. The summed E-state index contributed by atoms with van der Waals surface area (Å²) in [6, 6.07) is 4.09. The van der Waals surface area contributed by atoms with Gasteiger partial charge in [0.2, 0.25) is 0 Å². The van der Waals surface area contributed by atoms with E-state index in [9.17, 15) is 14.9 Å². The molecule has 0 aromatic heterocycles. The van der Waals surface area contributed by atoms with Crippen molar-refractivity contribution in [2.45, 2.75) is 32.7 Å². The predicted molar refractivity (Wildman–Crippen MR) is 77.5 cm³/mol. The first-order valence-corrected chi connectivity index (χ1v) is 6.83. The Morgan fingerprint density at radius 1 is 1.52 bits per heavy atom. The second-order valence-corrected chi connectivity index (χ2v) is 4.58. The molecule has 0 heterocycles. The quantitative estimate of drug-likeness (QED) is 0.563. The summed E-state index contributed by atoms with van der Waals surface area (Å²) in [4.78, 5) is 22.8. The van der Waals surface area contributed by atoms with Crippen molar-refractivity contribution in [1.82, 2.24) is 5.32 Å². The molecular formula is C14H20N2O5. The Morgan fingerprint density at radius 2 is 2.24 bits per heavy atom. The van der Waals surface area contributed by atoms with Crippen molar-refractivity contribution in [1.29, 1.82) is 0 Å². The van der Waals surface area contributed by atoms with E-state index in [1.54, 1.807) is 13.8 Å². The number of hydrogen-bond donors (Lipinski definition) is 2. The molecule has 116 valence electrons. The van der Waals surface area contributed by atoms with Gasteiger partial charge < -0.3 is 15.2 Å². The van der Waals surface area contributed by atoms with Gasteiger partial charge in [-0.05, 0) is 32.8 Å². The van der Waals surface area contributed by atoms with Crippen molar-refractivity contribution in [3.63, 3.8) is 0 Å². The van der Waals surface area contributed by atoms with Crippen LogP contribution >= 0.6 is 0 Å². The molecule has 0 fully saturated rings. The van der Waals surface area contributed by atoms with Crippen molar-refractivity contribution < 1.29 is 19.6 Å². The molecule has 1 aromatic rings. The molecular weight excluding hydrogens is 276 g/mol. The number of carbonyl (C=O) groups is 1. The molecule has 21 heavy (non-hydrogen) atoms. The molecule has 0 aliphatic carbocycles. The highest BCUT2D eigenvalue weighted by atomic mass is 16.6. The van der Waals surface area contributed by atoms with Crippen molar-refractivity contribution >= 4 is 11.6 Å². The van der Waals surface area contributed by atoms with E-state index in [1.807, 2.05) is 0 Å². The number of nitrogens with zero attached hydrogens (tertiary/aromatic N) is 1. The Morgan fingerprint density at radius 3 is 2.81 bits per heavy atom. The van der Waals surface area contributed by atoms with Gasteiger partial charge >= 0.3 is 0 Å². The molecule has 0 bridgehead atoms. The Labute approximate surface area is 123 Å². The van der Waals surface area contributed by atoms with E-state index in [0.29, 0.717) is 19.4 Å². The number of aliphatic hydroxyl groups excluding tert-OH is 1. The number of aliphatic hydroxyl groups is 1. The number of carbonyl (C=O) groups excluding carboxylic acids is 1. The molecule has 0 spiro atoms. The van der Waals surface area contributed by atoms with Gasteiger partial charge in [-0.2, -0.15) is 0 Å². The van der Waals surface area contributed by atoms with Crippen LogP contribution < -0.4 is 10.1 Å². The minimum Gasteiger partial charge on any atom is -0.493 e. The zero-order valence-electron chi connectivity index (χ0n) is 12.2. The van der Waals surface area contributed by atoms with Crippen LogP contribution in [0.1, 0.15) is 37.0 Å². The van der Waals surface area contributed by atoms with Crippen LogP contribution in [0.5, 0.6) is 5.75 Å². The van der Waals surface area contributed by atoms with Crippen LogP contribution in [-0.4, -0.2) is 35.2 Å². The maximum absolute atomic E-state index is 12.3. The lowest BCUT2D eigenvalue weighted by Gasteiger charge is -2.15. The van der Waals surface area contributed by atoms with Gasteiger partial charge in [-0.25, -0.2) is 0 Å². The lowest BCUT2D eigenvalue weighted by molar-refractivity contribution is -0.385. The van der Waals surface area contributed by atoms with Crippen LogP contribution in [0.2, 0.25) is 0 Å². The van der Waals surface area contributed by atoms with Crippen LogP contribution in [0, 0.1) is 10.1 Å². The fourth-order valence-electron chi connectivity index (χ4n) is 1.94. The number of hydrogen-bond acceptors (Lipinski definition) is 5. The zero-order chi connectivity index (χ0) is 15.8. The molecule has 0 saturated heterocycles. The van der Waals surface area contributed by atoms with Gasteiger partial charge in [0, 0.05) is 18.7 Å². The minimum absolute atomic E-state index is 0.0376. The van der Waals surface area contributed by atoms with Crippen molar-refractivity contribution in [2.24, 2.45) is 0 Å². The molecule has 1 amide bonds. The van der Waals surface area contributed by atoms with Crippen molar-refractivity contribution in [3.05, 3.63) is 33.9 Å². The third kappa shape index (κ3) is 4.71. The van der Waals surface area contributed by atoms with E-state index in [-0.39, 0.29) is 29.6 Å². The highest BCUT2D eigenvalue weighted by Gasteiger charge is 2.25. The summed E-state index contributed by atoms with van der Waals surface area (Å²) in [5.74, 6) is -0.352. The molecule has 2 N–H and O–H groups in total. The third-order valence-corrected chi connectivity index (χ3v) is 2.90. The molecule has 0 aliphatic heterocycles. The monoisotopic (exact) mass is 296 g/mol. The van der Waals surface area contributed by atoms with Crippen LogP contribution in [0.3, 0.4) is 0 Å². The second kappa shape index (κ2) is 8.21. The zero-order valence-corrected chi connectivity index (χ0v) is 12.2. The Hall–Kier alpha value is -2.15. The lowest BCUT2D eigenvalue weighted by Crippen LogP contribution is -2.33. The maximum Gasteiger partial charge on any atom is 0.285 e. The van der Waals surface area contributed by atoms with E-state index in [4.69, 9.17) is 9.84 Å². The summed E-state index contributed by atoms with van der Waals surface area (Å²) in [6.45, 7) is 3.87. The first kappa shape index (κ1) is 16.9. The van der Waals surface area contributed by atoms with Gasteiger partial charge in [0.1, 0.15) is 5.75 Å². The fourth-order valence-corrected chi connectivity index (χ4v) is 1.94. The van der Waals surface area contributed by atoms with Gasteiger partial charge in [-0.1, -0.05) is 6.07 Å². The van der Waals surface area contributed by atoms with Gasteiger partial charge in [0.05, 0.1) is 11.5 Å². The smallest absolute Gasteiger partial charge is 0.285 e. The topological polar surface area (TPSA) is 102 Å². The highest BCUT2D eigenvalue weighted by molar-refractivity contribution is 6.01. The predicted octanol–water partition coefficient (Wildman–Crippen LogP) is 1.88. The minimum atomic E-state index is -0.601. The number of nitro benzene ring substituents is 1. The number of amides is 1. The van der Waals surface area contributed by atoms with Crippen LogP contribution in [-0.2, 0) is 0 Å². The Kier molecular flexibility index (Phi) is 6.61. The van der Waals surface area contributed by atoms with Crippen LogP contribution in [0.15, 0.2) is 18.2 Å². The molecule has 7 heteroatoms. The fraction of sp³-hybridized carbons (Fsp3) is 0.500. The molecule has 0 saturated carbocycles. The van der Waals surface area contributed by atoms with Gasteiger partial charge in [0.15, 0.2) is 5.56 Å². The second-order valence-electron chi connectivity index (χ2n) is 4.58. The van der Waals surface area contributed by atoms with E-state index in [2.05, 4.69) is 5.32 Å². The maximum atomic E-state index is 12.3. The molecule has 1 aromatic carbocycles. The SMILES string of the molecule is CCOc1cccc([N+](=O)[O-])c1C(=O)NC(C)CCCO. The van der Waals surface area contributed by atoms with Crippen LogP contribution in [0.4, 0.5) is 5.69 Å². The number of rotatable bonds is 8. The summed E-state index contributed by atoms with van der Waals surface area (Å²) < 4.78 is 5.31. The summed E-state index contributed by atoms with van der Waals surface area (Å²) in [6.07, 6.45) is 1.14. The summed E-state index contributed by atoms with van der Waals surface area (Å²) in [7, 11) is 0. The van der Waals surface area contributed by atoms with E-state index < -0.39 is 10.8 Å². The lowest BCUT2D eigenvalue weighted by atomic mass is 10.1. The highest BCUT2D eigenvalue weighted by Crippen LogP contribution is 2.28. The normalized spacial score (nSPS) is 11.8. The Balaban J connectivity index is 3.02. The molecule has 1 atom stereocenters. The average Bonchev–Trinajstić information content (AvgIpc) is 2.45. The largest absolute Gasteiger partial charge is 0.493 e. The summed E-state index contributed by atoms with van der Waals surface area (Å²) in [5, 5.41) is 22.5. The van der Waals surface area contributed by atoms with Crippen LogP contribution in [0.25, 0.3) is 0 Å². The molecule has 1 unspecified atom stereocenters. The van der Waals surface area contributed by atoms with Gasteiger partial charge in [-0.15, -0.1) is 0 Å². The Bertz CT molecular complexity index is 504. The standard InChI is InChI=1S/C14H20N2O5/c1-3-21-12-8-4-7-11(16(19)20)13(12)14(18)15-10(2)6-5-9-17/h4,7-8,10,17H,3,5-6,9H2,1-2H3,(H,15,18). The number of nitrogens with one attached hydrogen (secondary N) is 1. The van der Waals surface area contributed by atoms with E-state index in [1.165, 1.54) is 18.2 Å².